The second-order valence-corrected chi connectivity index (χ2v) is 6.26. The third kappa shape index (κ3) is 2.72. The summed E-state index contributed by atoms with van der Waals surface area (Å²) in [6.07, 6.45) is 7.84. The Bertz CT molecular complexity index is 871. The smallest absolute Gasteiger partial charge is 0.248 e. The van der Waals surface area contributed by atoms with Gasteiger partial charge in [0.15, 0.2) is 0 Å². The molecule has 2 aromatic rings. The second-order valence-electron chi connectivity index (χ2n) is 4.35. The molecule has 0 saturated heterocycles. The molecule has 0 N–H and O–H groups in total. The monoisotopic (exact) mass is 304 g/mol. The van der Waals surface area contributed by atoms with Gasteiger partial charge < -0.3 is 4.74 Å². The molecule has 1 atom stereocenters. The topological polar surface area (TPSA) is 97.9 Å². The van der Waals surface area contributed by atoms with Crippen LogP contribution >= 0.6 is 0 Å². The molecular weight excluding hydrogens is 292 g/mol. The zero-order chi connectivity index (χ0) is 15.6. The maximum Gasteiger partial charge on any atom is 0.248 e. The Morgan fingerprint density at radius 3 is 2.81 bits per heavy atom. The van der Waals surface area contributed by atoms with E-state index < -0.39 is 15.9 Å². The van der Waals surface area contributed by atoms with Crippen molar-refractivity contribution in [3.63, 3.8) is 0 Å². The summed E-state index contributed by atoms with van der Waals surface area (Å²) in [7, 11) is -2.07. The quantitative estimate of drug-likeness (QED) is 0.603. The van der Waals surface area contributed by atoms with Gasteiger partial charge in [-0.25, -0.2) is 13.4 Å². The Kier molecular flexibility index (Phi) is 3.94. The summed E-state index contributed by atoms with van der Waals surface area (Å²) in [5.41, 5.74) is 0.562. The van der Waals surface area contributed by atoms with E-state index in [0.29, 0.717) is 11.0 Å². The number of aromatic nitrogens is 3. The zero-order valence-electron chi connectivity index (χ0n) is 11.4. The molecule has 2 heterocycles. The van der Waals surface area contributed by atoms with E-state index in [1.807, 2.05) is 6.07 Å². The van der Waals surface area contributed by atoms with Gasteiger partial charge in [-0.3, -0.25) is 4.57 Å². The molecule has 0 unspecified atom stereocenters. The van der Waals surface area contributed by atoms with Crippen LogP contribution in [0.5, 0.6) is 0 Å². The molecule has 0 bridgehead atoms. The summed E-state index contributed by atoms with van der Waals surface area (Å²) in [5, 5.41) is 9.44. The van der Waals surface area contributed by atoms with E-state index in [9.17, 15) is 13.7 Å². The van der Waals surface area contributed by atoms with Crippen LogP contribution in [0.1, 0.15) is 11.7 Å². The van der Waals surface area contributed by atoms with Gasteiger partial charge in [-0.05, 0) is 6.07 Å². The van der Waals surface area contributed by atoms with Gasteiger partial charge in [0.1, 0.15) is 23.5 Å². The largest absolute Gasteiger partial charge is 0.381 e. The van der Waals surface area contributed by atoms with Gasteiger partial charge in [-0.1, -0.05) is 5.92 Å². The normalized spacial score (nSPS) is 12.8. The summed E-state index contributed by atoms with van der Waals surface area (Å²) in [6.45, 7) is 0.174. The van der Waals surface area contributed by atoms with Crippen LogP contribution in [0, 0.1) is 23.7 Å². The van der Waals surface area contributed by atoms with Crippen LogP contribution in [0.3, 0.4) is 0 Å². The summed E-state index contributed by atoms with van der Waals surface area (Å²) < 4.78 is 29.6. The standard InChI is InChI=1S/C13H12N4O3S/c1-4-10(8-20-2)17-11(6-14)5-9-7-15-13(16-12(9)17)21(3,18)19/h1,5,7,10H,8H2,2-3H3/t10-/m0/s1. The number of hydrogen-bond acceptors (Lipinski definition) is 6. The maximum atomic E-state index is 11.6. The van der Waals surface area contributed by atoms with E-state index in [2.05, 4.69) is 15.9 Å². The van der Waals surface area contributed by atoms with E-state index in [1.54, 1.807) is 6.07 Å². The molecule has 0 spiro atoms. The molecule has 0 fully saturated rings. The third-order valence-corrected chi connectivity index (χ3v) is 3.69. The Morgan fingerprint density at radius 2 is 2.29 bits per heavy atom. The third-order valence-electron chi connectivity index (χ3n) is 2.83. The van der Waals surface area contributed by atoms with E-state index in [-0.39, 0.29) is 17.5 Å². The van der Waals surface area contributed by atoms with Gasteiger partial charge in [-0.2, -0.15) is 10.2 Å². The molecule has 2 rings (SSSR count). The van der Waals surface area contributed by atoms with Crippen LogP contribution in [0.2, 0.25) is 0 Å². The van der Waals surface area contributed by atoms with Crippen molar-refractivity contribution >= 4 is 20.9 Å². The molecule has 0 aliphatic rings. The predicted molar refractivity (Wildman–Crippen MR) is 75.1 cm³/mol. The number of terminal acetylenes is 1. The highest BCUT2D eigenvalue weighted by molar-refractivity contribution is 7.90. The molecule has 0 aromatic carbocycles. The molecule has 0 radical (unpaired) electrons. The van der Waals surface area contributed by atoms with Crippen molar-refractivity contribution in [2.45, 2.75) is 11.2 Å². The van der Waals surface area contributed by atoms with Crippen LogP contribution in [-0.4, -0.2) is 42.9 Å². The first-order chi connectivity index (χ1) is 9.92. The Hall–Kier alpha value is -2.42. The molecule has 8 heteroatoms. The lowest BCUT2D eigenvalue weighted by Crippen LogP contribution is -2.15. The highest BCUT2D eigenvalue weighted by Gasteiger charge is 2.20. The lowest BCUT2D eigenvalue weighted by Gasteiger charge is -2.14. The number of ether oxygens (including phenoxy) is 1. The number of nitrogens with zero attached hydrogens (tertiary/aromatic N) is 4. The molecule has 2 aromatic heterocycles. The van der Waals surface area contributed by atoms with Gasteiger partial charge in [0.2, 0.25) is 15.0 Å². The minimum atomic E-state index is -3.55. The minimum Gasteiger partial charge on any atom is -0.381 e. The maximum absolute atomic E-state index is 11.6. The lowest BCUT2D eigenvalue weighted by molar-refractivity contribution is 0.176. The fraction of sp³-hybridized carbons (Fsp3) is 0.308. The number of sulfone groups is 1. The summed E-state index contributed by atoms with van der Waals surface area (Å²) >= 11 is 0. The molecular formula is C13H12N4O3S. The van der Waals surface area contributed by atoms with Crippen molar-refractivity contribution in [3.05, 3.63) is 18.0 Å². The van der Waals surface area contributed by atoms with Gasteiger partial charge in [-0.15, -0.1) is 6.42 Å². The van der Waals surface area contributed by atoms with Crippen LogP contribution in [0.15, 0.2) is 17.4 Å². The fourth-order valence-corrected chi connectivity index (χ4v) is 2.42. The van der Waals surface area contributed by atoms with Crippen molar-refractivity contribution in [1.82, 2.24) is 14.5 Å². The van der Waals surface area contributed by atoms with Gasteiger partial charge >= 0.3 is 0 Å². The molecule has 0 aliphatic heterocycles. The first kappa shape index (κ1) is 15.0. The summed E-state index contributed by atoms with van der Waals surface area (Å²) in [6, 6.07) is 3.00. The van der Waals surface area contributed by atoms with Crippen molar-refractivity contribution in [3.8, 4) is 18.4 Å². The van der Waals surface area contributed by atoms with E-state index in [1.165, 1.54) is 17.9 Å². The molecule has 0 amide bonds. The van der Waals surface area contributed by atoms with Crippen molar-refractivity contribution in [2.75, 3.05) is 20.0 Å². The van der Waals surface area contributed by atoms with Crippen molar-refractivity contribution < 1.29 is 13.2 Å². The Morgan fingerprint density at radius 1 is 1.57 bits per heavy atom. The molecule has 7 nitrogen and oxygen atoms in total. The van der Waals surface area contributed by atoms with Gasteiger partial charge in [0.25, 0.3) is 0 Å². The van der Waals surface area contributed by atoms with E-state index >= 15 is 0 Å². The van der Waals surface area contributed by atoms with Crippen LogP contribution in [0.25, 0.3) is 11.0 Å². The second kappa shape index (κ2) is 5.52. The van der Waals surface area contributed by atoms with E-state index in [4.69, 9.17) is 11.2 Å². The first-order valence-electron chi connectivity index (χ1n) is 5.85. The van der Waals surface area contributed by atoms with E-state index in [0.717, 1.165) is 6.26 Å². The molecule has 0 saturated carbocycles. The Balaban J connectivity index is 2.78. The molecule has 108 valence electrons. The van der Waals surface area contributed by atoms with Gasteiger partial charge in [0, 0.05) is 24.9 Å². The summed E-state index contributed by atoms with van der Waals surface area (Å²) in [4.78, 5) is 7.82. The zero-order valence-corrected chi connectivity index (χ0v) is 12.3. The highest BCUT2D eigenvalue weighted by atomic mass is 32.2. The van der Waals surface area contributed by atoms with Crippen molar-refractivity contribution in [1.29, 1.82) is 5.26 Å². The fourth-order valence-electron chi connectivity index (χ4n) is 1.93. The predicted octanol–water partition coefficient (Wildman–Crippen LogP) is 0.527. The van der Waals surface area contributed by atoms with Crippen LogP contribution < -0.4 is 0 Å². The number of fused-ring (bicyclic) bond motifs is 1. The highest BCUT2D eigenvalue weighted by Crippen LogP contribution is 2.23. The van der Waals surface area contributed by atoms with Crippen molar-refractivity contribution in [2.24, 2.45) is 0 Å². The average molecular weight is 304 g/mol. The number of methoxy groups -OCH3 is 1. The molecule has 21 heavy (non-hydrogen) atoms. The lowest BCUT2D eigenvalue weighted by atomic mass is 10.3. The van der Waals surface area contributed by atoms with Crippen LogP contribution in [-0.2, 0) is 14.6 Å². The average Bonchev–Trinajstić information content (AvgIpc) is 2.81. The number of hydrogen-bond donors (Lipinski definition) is 0. The number of rotatable bonds is 4. The molecule has 0 aliphatic carbocycles. The van der Waals surface area contributed by atoms with Crippen LogP contribution in [0.4, 0.5) is 0 Å². The Labute approximate surface area is 122 Å². The van der Waals surface area contributed by atoms with Gasteiger partial charge in [0.05, 0.1) is 6.61 Å². The minimum absolute atomic E-state index is 0.174. The number of nitriles is 1. The SMILES string of the molecule is C#C[C@@H](COC)n1c(C#N)cc2cnc(S(C)(=O)=O)nc21. The first-order valence-corrected chi connectivity index (χ1v) is 7.74. The summed E-state index contributed by atoms with van der Waals surface area (Å²) in [5.74, 6) is 2.51.